The monoisotopic (exact) mass is 229 g/mol. The van der Waals surface area contributed by atoms with E-state index in [0.29, 0.717) is 0 Å². The van der Waals surface area contributed by atoms with Gasteiger partial charge in [0.15, 0.2) is 5.75 Å². The minimum Gasteiger partial charge on any atom is -0.404 e. The van der Waals surface area contributed by atoms with Crippen LogP contribution in [0.5, 0.6) is 5.75 Å². The topological polar surface area (TPSA) is 22.1 Å². The Morgan fingerprint density at radius 2 is 2.07 bits per heavy atom. The van der Waals surface area contributed by atoms with Gasteiger partial charge in [-0.3, -0.25) is 4.98 Å². The van der Waals surface area contributed by atoms with E-state index in [0.717, 1.165) is 12.3 Å². The third kappa shape index (κ3) is 3.02. The highest BCUT2D eigenvalue weighted by molar-refractivity contribution is 6.30. The van der Waals surface area contributed by atoms with E-state index in [9.17, 15) is 17.6 Å². The Hall–Kier alpha value is -1.04. The molecular weight excluding hydrogens is 226 g/mol. The summed E-state index contributed by atoms with van der Waals surface area (Å²) in [4.78, 5) is 3.35. The lowest BCUT2D eigenvalue weighted by Crippen LogP contribution is -2.18. The molecular formula is C7H4ClF4NO. The zero-order valence-corrected chi connectivity index (χ0v) is 7.36. The first-order chi connectivity index (χ1) is 6.42. The summed E-state index contributed by atoms with van der Waals surface area (Å²) in [7, 11) is 0. The second-order valence-corrected chi connectivity index (χ2v) is 2.72. The average molecular weight is 230 g/mol. The quantitative estimate of drug-likeness (QED) is 0.727. The Bertz CT molecular complexity index is 328. The molecule has 0 aliphatic rings. The Morgan fingerprint density at radius 1 is 1.43 bits per heavy atom. The molecule has 1 rings (SSSR count). The minimum absolute atomic E-state index is 0.0542. The van der Waals surface area contributed by atoms with Gasteiger partial charge in [0, 0.05) is 12.3 Å². The summed E-state index contributed by atoms with van der Waals surface area (Å²) in [5.41, 5.74) is -0.438. The van der Waals surface area contributed by atoms with Crippen molar-refractivity contribution in [2.24, 2.45) is 0 Å². The number of alkyl halides is 4. The number of hydrogen-bond acceptors (Lipinski definition) is 2. The third-order valence-electron chi connectivity index (χ3n) is 1.25. The van der Waals surface area contributed by atoms with Gasteiger partial charge in [0.25, 0.3) is 0 Å². The Labute approximate surface area is 81.5 Å². The molecule has 1 heterocycles. The average Bonchev–Trinajstić information content (AvgIpc) is 2.01. The molecule has 0 amide bonds. The smallest absolute Gasteiger partial charge is 0.404 e. The van der Waals surface area contributed by atoms with Crippen molar-refractivity contribution in [2.75, 3.05) is 0 Å². The number of aromatic nitrogens is 1. The largest absolute Gasteiger partial charge is 0.573 e. The SMILES string of the molecule is FCc1ncc(Cl)cc1OC(F)(F)F. The summed E-state index contributed by atoms with van der Waals surface area (Å²) in [6.07, 6.45) is -3.84. The third-order valence-corrected chi connectivity index (χ3v) is 1.46. The molecule has 0 bridgehead atoms. The number of hydrogen-bond donors (Lipinski definition) is 0. The number of ether oxygens (including phenoxy) is 1. The van der Waals surface area contributed by atoms with Gasteiger partial charge in [0.2, 0.25) is 0 Å². The van der Waals surface area contributed by atoms with Crippen molar-refractivity contribution in [1.29, 1.82) is 0 Å². The molecule has 0 spiro atoms. The summed E-state index contributed by atoms with van der Waals surface area (Å²) >= 11 is 5.37. The van der Waals surface area contributed by atoms with Crippen LogP contribution in [-0.4, -0.2) is 11.3 Å². The molecule has 0 saturated heterocycles. The molecule has 0 aliphatic heterocycles. The van der Waals surface area contributed by atoms with Gasteiger partial charge in [0.05, 0.1) is 5.02 Å². The Morgan fingerprint density at radius 3 is 2.57 bits per heavy atom. The number of nitrogens with zero attached hydrogens (tertiary/aromatic N) is 1. The van der Waals surface area contributed by atoms with E-state index in [-0.39, 0.29) is 5.02 Å². The lowest BCUT2D eigenvalue weighted by atomic mass is 10.3. The molecule has 0 radical (unpaired) electrons. The lowest BCUT2D eigenvalue weighted by Gasteiger charge is -2.10. The number of rotatable bonds is 2. The van der Waals surface area contributed by atoms with E-state index < -0.39 is 24.5 Å². The van der Waals surface area contributed by atoms with Gasteiger partial charge in [-0.05, 0) is 0 Å². The maximum absolute atomic E-state index is 12.1. The molecule has 2 nitrogen and oxygen atoms in total. The molecule has 7 heteroatoms. The molecule has 1 aromatic rings. The first-order valence-corrected chi connectivity index (χ1v) is 3.76. The van der Waals surface area contributed by atoms with Crippen molar-refractivity contribution in [3.63, 3.8) is 0 Å². The van der Waals surface area contributed by atoms with Crippen molar-refractivity contribution >= 4 is 11.6 Å². The molecule has 1 aromatic heterocycles. The van der Waals surface area contributed by atoms with E-state index in [1.54, 1.807) is 0 Å². The van der Waals surface area contributed by atoms with Crippen LogP contribution in [0.4, 0.5) is 17.6 Å². The molecule has 0 atom stereocenters. The van der Waals surface area contributed by atoms with Crippen LogP contribution in [0.2, 0.25) is 5.02 Å². The van der Waals surface area contributed by atoms with Crippen molar-refractivity contribution in [1.82, 2.24) is 4.98 Å². The Kier molecular flexibility index (Phi) is 3.15. The second-order valence-electron chi connectivity index (χ2n) is 2.28. The van der Waals surface area contributed by atoms with Gasteiger partial charge in [-0.15, -0.1) is 13.2 Å². The second kappa shape index (κ2) is 4.00. The molecule has 0 aromatic carbocycles. The standard InChI is InChI=1S/C7H4ClF4NO/c8-4-1-6(14-7(10,11)12)5(2-9)13-3-4/h1,3H,2H2. The Balaban J connectivity index is 2.99. The zero-order chi connectivity index (χ0) is 10.8. The van der Waals surface area contributed by atoms with E-state index in [1.165, 1.54) is 0 Å². The first kappa shape index (κ1) is 11.0. The first-order valence-electron chi connectivity index (χ1n) is 3.38. The van der Waals surface area contributed by atoms with Crippen LogP contribution >= 0.6 is 11.6 Å². The summed E-state index contributed by atoms with van der Waals surface area (Å²) in [6, 6.07) is 0.858. The molecule has 14 heavy (non-hydrogen) atoms. The van der Waals surface area contributed by atoms with Crippen LogP contribution in [-0.2, 0) is 6.67 Å². The van der Waals surface area contributed by atoms with Gasteiger partial charge in [-0.25, -0.2) is 4.39 Å². The summed E-state index contributed by atoms with van der Waals surface area (Å²) in [5.74, 6) is -0.715. The van der Waals surface area contributed by atoms with Gasteiger partial charge < -0.3 is 4.74 Å². The highest BCUT2D eigenvalue weighted by Gasteiger charge is 2.32. The van der Waals surface area contributed by atoms with Gasteiger partial charge in [-0.1, -0.05) is 11.6 Å². The minimum atomic E-state index is -4.88. The fourth-order valence-corrected chi connectivity index (χ4v) is 0.910. The molecule has 0 fully saturated rings. The van der Waals surface area contributed by atoms with E-state index in [1.807, 2.05) is 0 Å². The van der Waals surface area contributed by atoms with Crippen molar-refractivity contribution in [3.05, 3.63) is 23.0 Å². The van der Waals surface area contributed by atoms with E-state index >= 15 is 0 Å². The molecule has 0 unspecified atom stereocenters. The summed E-state index contributed by atoms with van der Waals surface area (Å²) in [6.45, 7) is -1.15. The number of halogens is 5. The predicted octanol–water partition coefficient (Wildman–Crippen LogP) is 3.10. The van der Waals surface area contributed by atoms with E-state index in [4.69, 9.17) is 11.6 Å². The highest BCUT2D eigenvalue weighted by Crippen LogP contribution is 2.27. The number of pyridine rings is 1. The maximum Gasteiger partial charge on any atom is 0.573 e. The lowest BCUT2D eigenvalue weighted by molar-refractivity contribution is -0.275. The van der Waals surface area contributed by atoms with Crippen molar-refractivity contribution in [2.45, 2.75) is 13.0 Å². The van der Waals surface area contributed by atoms with Crippen molar-refractivity contribution in [3.8, 4) is 5.75 Å². The van der Waals surface area contributed by atoms with Crippen molar-refractivity contribution < 1.29 is 22.3 Å². The fraction of sp³-hybridized carbons (Fsp3) is 0.286. The molecule has 78 valence electrons. The summed E-state index contributed by atoms with van der Waals surface area (Å²) < 4.78 is 51.0. The van der Waals surface area contributed by atoms with Crippen LogP contribution < -0.4 is 4.74 Å². The van der Waals surface area contributed by atoms with Crippen LogP contribution in [0.15, 0.2) is 12.3 Å². The zero-order valence-electron chi connectivity index (χ0n) is 6.61. The predicted molar refractivity (Wildman–Crippen MR) is 40.7 cm³/mol. The normalized spacial score (nSPS) is 11.5. The van der Waals surface area contributed by atoms with Gasteiger partial charge in [0.1, 0.15) is 12.4 Å². The van der Waals surface area contributed by atoms with Crippen LogP contribution in [0.3, 0.4) is 0 Å². The summed E-state index contributed by atoms with van der Waals surface area (Å²) in [5, 5.41) is -0.0542. The fourth-order valence-electron chi connectivity index (χ4n) is 0.762. The van der Waals surface area contributed by atoms with Crippen LogP contribution in [0, 0.1) is 0 Å². The van der Waals surface area contributed by atoms with E-state index in [2.05, 4.69) is 9.72 Å². The van der Waals surface area contributed by atoms with Crippen LogP contribution in [0.1, 0.15) is 5.69 Å². The highest BCUT2D eigenvalue weighted by atomic mass is 35.5. The molecule has 0 saturated carbocycles. The van der Waals surface area contributed by atoms with Crippen LogP contribution in [0.25, 0.3) is 0 Å². The maximum atomic E-state index is 12.1. The van der Waals surface area contributed by atoms with Gasteiger partial charge >= 0.3 is 6.36 Å². The van der Waals surface area contributed by atoms with Gasteiger partial charge in [-0.2, -0.15) is 0 Å². The molecule has 0 aliphatic carbocycles. The molecule has 0 N–H and O–H groups in total.